The number of carbonyl (C=O) groups excluding carboxylic acids is 1. The van der Waals surface area contributed by atoms with Crippen molar-refractivity contribution in [2.45, 2.75) is 12.0 Å². The van der Waals surface area contributed by atoms with Gasteiger partial charge in [0.15, 0.2) is 0 Å². The summed E-state index contributed by atoms with van der Waals surface area (Å²) in [5.74, 6) is 0.0227. The van der Waals surface area contributed by atoms with Crippen LogP contribution < -0.4 is 5.32 Å². The average Bonchev–Trinajstić information content (AvgIpc) is 3.05. The van der Waals surface area contributed by atoms with Crippen molar-refractivity contribution in [2.75, 3.05) is 13.2 Å². The van der Waals surface area contributed by atoms with Gasteiger partial charge in [-0.1, -0.05) is 76.6 Å². The van der Waals surface area contributed by atoms with E-state index < -0.39 is 12.2 Å². The largest absolute Gasteiger partial charge is 0.449 e. The standard InChI is InChI=1S/C23H20BrNO3/c24-16-11-9-15(10-12-16)22(26)13-25-23(27)28-14-21-19-7-3-1-5-17(19)18-6-2-4-8-20(18)21/h1-12,21-22,26H,13-14H2,(H,25,27)/t22-/m1/s1. The van der Waals surface area contributed by atoms with Gasteiger partial charge in [0.1, 0.15) is 6.61 Å². The van der Waals surface area contributed by atoms with Crippen LogP contribution in [-0.2, 0) is 4.74 Å². The maximum absolute atomic E-state index is 12.2. The highest BCUT2D eigenvalue weighted by molar-refractivity contribution is 9.10. The molecule has 0 radical (unpaired) electrons. The van der Waals surface area contributed by atoms with Crippen LogP contribution in [0.2, 0.25) is 0 Å². The van der Waals surface area contributed by atoms with E-state index in [-0.39, 0.29) is 19.1 Å². The van der Waals surface area contributed by atoms with Gasteiger partial charge in [0, 0.05) is 10.4 Å². The zero-order valence-corrected chi connectivity index (χ0v) is 16.7. The second-order valence-electron chi connectivity index (χ2n) is 6.77. The lowest BCUT2D eigenvalue weighted by Crippen LogP contribution is -2.30. The molecule has 1 aliphatic carbocycles. The fourth-order valence-corrected chi connectivity index (χ4v) is 3.90. The highest BCUT2D eigenvalue weighted by Crippen LogP contribution is 2.44. The predicted octanol–water partition coefficient (Wildman–Crippen LogP) is 5.02. The lowest BCUT2D eigenvalue weighted by atomic mass is 9.98. The van der Waals surface area contributed by atoms with Gasteiger partial charge < -0.3 is 15.2 Å². The van der Waals surface area contributed by atoms with Gasteiger partial charge in [-0.3, -0.25) is 0 Å². The van der Waals surface area contributed by atoms with Crippen LogP contribution >= 0.6 is 15.9 Å². The van der Waals surface area contributed by atoms with E-state index in [1.165, 1.54) is 22.3 Å². The van der Waals surface area contributed by atoms with Crippen molar-refractivity contribution < 1.29 is 14.6 Å². The van der Waals surface area contributed by atoms with Gasteiger partial charge in [0.05, 0.1) is 12.6 Å². The lowest BCUT2D eigenvalue weighted by molar-refractivity contribution is 0.128. The third kappa shape index (κ3) is 3.81. The van der Waals surface area contributed by atoms with Gasteiger partial charge >= 0.3 is 6.09 Å². The Morgan fingerprint density at radius 1 is 0.964 bits per heavy atom. The van der Waals surface area contributed by atoms with E-state index in [4.69, 9.17) is 4.74 Å². The molecule has 0 saturated carbocycles. The number of nitrogens with one attached hydrogen (secondary N) is 1. The Labute approximate surface area is 172 Å². The van der Waals surface area contributed by atoms with Crippen LogP contribution in [0.15, 0.2) is 77.3 Å². The molecule has 0 heterocycles. The molecule has 0 spiro atoms. The van der Waals surface area contributed by atoms with Gasteiger partial charge in [-0.05, 0) is 39.9 Å². The average molecular weight is 438 g/mol. The number of ether oxygens (including phenoxy) is 1. The van der Waals surface area contributed by atoms with E-state index in [1.807, 2.05) is 48.5 Å². The van der Waals surface area contributed by atoms with Crippen molar-refractivity contribution in [2.24, 2.45) is 0 Å². The molecule has 0 saturated heterocycles. The maximum Gasteiger partial charge on any atom is 0.407 e. The zero-order valence-electron chi connectivity index (χ0n) is 15.1. The van der Waals surface area contributed by atoms with Gasteiger partial charge in [-0.15, -0.1) is 0 Å². The number of benzene rings is 3. The normalized spacial score (nSPS) is 13.5. The molecule has 4 nitrogen and oxygen atoms in total. The summed E-state index contributed by atoms with van der Waals surface area (Å²) < 4.78 is 6.41. The topological polar surface area (TPSA) is 58.6 Å². The molecular weight excluding hydrogens is 418 g/mol. The fraction of sp³-hybridized carbons (Fsp3) is 0.174. The summed E-state index contributed by atoms with van der Waals surface area (Å²) in [5.41, 5.74) is 5.47. The molecule has 0 aliphatic heterocycles. The molecule has 2 N–H and O–H groups in total. The molecule has 0 bridgehead atoms. The molecule has 4 rings (SSSR count). The van der Waals surface area contributed by atoms with Crippen LogP contribution in [0.3, 0.4) is 0 Å². The van der Waals surface area contributed by atoms with Crippen LogP contribution in [0.25, 0.3) is 11.1 Å². The van der Waals surface area contributed by atoms with Crippen molar-refractivity contribution in [1.82, 2.24) is 5.32 Å². The van der Waals surface area contributed by atoms with Gasteiger partial charge in [-0.2, -0.15) is 0 Å². The highest BCUT2D eigenvalue weighted by atomic mass is 79.9. The number of hydrogen-bond donors (Lipinski definition) is 2. The van der Waals surface area contributed by atoms with E-state index in [9.17, 15) is 9.90 Å². The first-order valence-electron chi connectivity index (χ1n) is 9.16. The number of halogens is 1. The molecule has 0 unspecified atom stereocenters. The van der Waals surface area contributed by atoms with Crippen molar-refractivity contribution in [1.29, 1.82) is 0 Å². The molecule has 5 heteroatoms. The summed E-state index contributed by atoms with van der Waals surface area (Å²) in [6.45, 7) is 0.354. The molecule has 1 atom stereocenters. The Bertz CT molecular complexity index is 942. The molecule has 28 heavy (non-hydrogen) atoms. The number of aliphatic hydroxyl groups excluding tert-OH is 1. The van der Waals surface area contributed by atoms with E-state index in [1.54, 1.807) is 0 Å². The predicted molar refractivity (Wildman–Crippen MR) is 112 cm³/mol. The molecule has 3 aromatic rings. The third-order valence-corrected chi connectivity index (χ3v) is 5.57. The number of rotatable bonds is 5. The molecule has 1 amide bonds. The first kappa shape index (κ1) is 18.7. The second kappa shape index (κ2) is 8.17. The van der Waals surface area contributed by atoms with E-state index in [0.717, 1.165) is 10.0 Å². The Morgan fingerprint density at radius 3 is 2.14 bits per heavy atom. The van der Waals surface area contributed by atoms with Crippen LogP contribution in [0.1, 0.15) is 28.7 Å². The Hall–Kier alpha value is -2.63. The lowest BCUT2D eigenvalue weighted by Gasteiger charge is -2.16. The molecule has 1 aliphatic rings. The summed E-state index contributed by atoms with van der Waals surface area (Å²) in [7, 11) is 0. The summed E-state index contributed by atoms with van der Waals surface area (Å²) in [6.07, 6.45) is -1.31. The van der Waals surface area contributed by atoms with Crippen molar-refractivity contribution in [3.8, 4) is 11.1 Å². The van der Waals surface area contributed by atoms with Crippen molar-refractivity contribution >= 4 is 22.0 Å². The quantitative estimate of drug-likeness (QED) is 0.588. The SMILES string of the molecule is O=C(NC[C@@H](O)c1ccc(Br)cc1)OCC1c2ccccc2-c2ccccc21. The van der Waals surface area contributed by atoms with Crippen LogP contribution in [-0.4, -0.2) is 24.4 Å². The second-order valence-corrected chi connectivity index (χ2v) is 7.69. The monoisotopic (exact) mass is 437 g/mol. The number of aliphatic hydroxyl groups is 1. The minimum atomic E-state index is -0.784. The van der Waals surface area contributed by atoms with Gasteiger partial charge in [-0.25, -0.2) is 4.79 Å². The van der Waals surface area contributed by atoms with E-state index in [2.05, 4.69) is 45.5 Å². The molecule has 3 aromatic carbocycles. The smallest absolute Gasteiger partial charge is 0.407 e. The maximum atomic E-state index is 12.2. The third-order valence-electron chi connectivity index (χ3n) is 5.04. The van der Waals surface area contributed by atoms with Crippen LogP contribution in [0.4, 0.5) is 4.79 Å². The Morgan fingerprint density at radius 2 is 1.54 bits per heavy atom. The Kier molecular flexibility index (Phi) is 5.46. The van der Waals surface area contributed by atoms with Gasteiger partial charge in [0.25, 0.3) is 0 Å². The number of alkyl carbamates (subject to hydrolysis) is 1. The molecule has 142 valence electrons. The minimum Gasteiger partial charge on any atom is -0.449 e. The molecule has 0 aromatic heterocycles. The first-order chi connectivity index (χ1) is 13.6. The summed E-state index contributed by atoms with van der Waals surface area (Å²) in [5, 5.41) is 12.9. The highest BCUT2D eigenvalue weighted by Gasteiger charge is 2.29. The number of amides is 1. The van der Waals surface area contributed by atoms with Crippen molar-refractivity contribution in [3.63, 3.8) is 0 Å². The molecular formula is C23H20BrNO3. The summed E-state index contributed by atoms with van der Waals surface area (Å²) in [6, 6.07) is 23.8. The minimum absolute atomic E-state index is 0.0227. The Balaban J connectivity index is 1.37. The van der Waals surface area contributed by atoms with Crippen LogP contribution in [0.5, 0.6) is 0 Å². The fourth-order valence-electron chi connectivity index (χ4n) is 3.63. The van der Waals surface area contributed by atoms with E-state index in [0.29, 0.717) is 0 Å². The molecule has 0 fully saturated rings. The van der Waals surface area contributed by atoms with E-state index >= 15 is 0 Å². The number of hydrogen-bond acceptors (Lipinski definition) is 3. The first-order valence-corrected chi connectivity index (χ1v) is 9.95. The number of fused-ring (bicyclic) bond motifs is 3. The van der Waals surface area contributed by atoms with Crippen LogP contribution in [0, 0.1) is 0 Å². The zero-order chi connectivity index (χ0) is 19.5. The van der Waals surface area contributed by atoms with Gasteiger partial charge in [0.2, 0.25) is 0 Å². The summed E-state index contributed by atoms with van der Waals surface area (Å²) >= 11 is 3.36. The summed E-state index contributed by atoms with van der Waals surface area (Å²) in [4.78, 5) is 12.2. The van der Waals surface area contributed by atoms with Crippen molar-refractivity contribution in [3.05, 3.63) is 94.0 Å². The number of carbonyl (C=O) groups is 1.